The molecule has 0 saturated carbocycles. The van der Waals surface area contributed by atoms with Crippen LogP contribution < -0.4 is 0 Å². The van der Waals surface area contributed by atoms with Crippen molar-refractivity contribution < 1.29 is 18.6 Å². The van der Waals surface area contributed by atoms with Gasteiger partial charge in [-0.05, 0) is 0 Å². The van der Waals surface area contributed by atoms with E-state index in [0.29, 0.717) is 0 Å². The van der Waals surface area contributed by atoms with E-state index in [1.807, 2.05) is 30.3 Å². The summed E-state index contributed by atoms with van der Waals surface area (Å²) < 4.78 is 0. The summed E-state index contributed by atoms with van der Waals surface area (Å²) in [7, 11) is -0.861. The first-order valence-electron chi connectivity index (χ1n) is 7.27. The van der Waals surface area contributed by atoms with Crippen molar-refractivity contribution in [3.05, 3.63) is 64.7 Å². The Labute approximate surface area is 145 Å². The number of rotatable bonds is 0. The van der Waals surface area contributed by atoms with Crippen molar-refractivity contribution in [3.63, 3.8) is 0 Å². The first-order chi connectivity index (χ1) is 9.05. The maximum Gasteiger partial charge on any atom is 0 e. The van der Waals surface area contributed by atoms with Crippen LogP contribution in [0, 0.1) is 41.2 Å². The van der Waals surface area contributed by atoms with Crippen LogP contribution in [0.25, 0.3) is 0 Å². The van der Waals surface area contributed by atoms with Gasteiger partial charge in [0.2, 0.25) is 0 Å². The standard InChI is InChI=1S/C10H15.C5H5.C4H11Si.V/c1-6-7(2)9(4)10(5)8(6)3;1-2-4-5-3-1;1-5(2,3)4;/h1-5H3;1-5H;1H2,2-4H3;/q3*-1;. The van der Waals surface area contributed by atoms with Gasteiger partial charge in [0, 0.05) is 18.6 Å². The third-order valence-electron chi connectivity index (χ3n) is 3.37. The Morgan fingerprint density at radius 2 is 1.19 bits per heavy atom. The molecular weight excluding hydrogens is 307 g/mol. The monoisotopic (exact) mass is 338 g/mol. The topological polar surface area (TPSA) is 0 Å². The van der Waals surface area contributed by atoms with E-state index in [4.69, 9.17) is 0 Å². The average Bonchev–Trinajstić information content (AvgIpc) is 2.95. The molecule has 0 heterocycles. The normalized spacial score (nSPS) is 9.76. The van der Waals surface area contributed by atoms with Gasteiger partial charge in [0.05, 0.1) is 0 Å². The van der Waals surface area contributed by atoms with E-state index in [1.54, 1.807) is 0 Å². The molecule has 0 aliphatic rings. The fourth-order valence-electron chi connectivity index (χ4n) is 1.73. The molecule has 0 N–H and O–H groups in total. The van der Waals surface area contributed by atoms with E-state index in [2.05, 4.69) is 60.8 Å². The van der Waals surface area contributed by atoms with Crippen LogP contribution in [0.15, 0.2) is 30.3 Å². The second kappa shape index (κ2) is 10.3. The van der Waals surface area contributed by atoms with Gasteiger partial charge in [-0.1, -0.05) is 54.3 Å². The smallest absolute Gasteiger partial charge is 0 e. The Kier molecular flexibility index (Phi) is 11.1. The minimum absolute atomic E-state index is 0. The van der Waals surface area contributed by atoms with Crippen LogP contribution >= 0.6 is 0 Å². The number of hydrogen-bond acceptors (Lipinski definition) is 0. The van der Waals surface area contributed by atoms with E-state index in [9.17, 15) is 0 Å². The Morgan fingerprint density at radius 1 is 0.905 bits per heavy atom. The summed E-state index contributed by atoms with van der Waals surface area (Å²) in [4.78, 5) is 0. The summed E-state index contributed by atoms with van der Waals surface area (Å²) >= 11 is 0. The van der Waals surface area contributed by atoms with Gasteiger partial charge in [0.1, 0.15) is 0 Å². The predicted octanol–water partition coefficient (Wildman–Crippen LogP) is 6.05. The molecule has 2 aromatic rings. The Morgan fingerprint density at radius 3 is 1.29 bits per heavy atom. The zero-order chi connectivity index (χ0) is 15.9. The summed E-state index contributed by atoms with van der Waals surface area (Å²) in [5.74, 6) is 0. The maximum absolute atomic E-state index is 3.91. The van der Waals surface area contributed by atoms with E-state index in [0.717, 1.165) is 0 Å². The molecule has 0 unspecified atom stereocenters. The van der Waals surface area contributed by atoms with Crippen LogP contribution in [-0.2, 0) is 18.6 Å². The molecule has 0 bridgehead atoms. The second-order valence-corrected chi connectivity index (χ2v) is 11.8. The Hall–Kier alpha value is -0.499. The van der Waals surface area contributed by atoms with Gasteiger partial charge in [-0.25, -0.2) is 12.1 Å². The van der Waals surface area contributed by atoms with E-state index in [-0.39, 0.29) is 18.6 Å². The minimum Gasteiger partial charge on any atom is -0.342 e. The van der Waals surface area contributed by atoms with Gasteiger partial charge in [0.25, 0.3) is 0 Å². The first-order valence-corrected chi connectivity index (χ1v) is 11.0. The van der Waals surface area contributed by atoms with Crippen LogP contribution in [0.4, 0.5) is 0 Å². The minimum atomic E-state index is -0.861. The molecule has 0 aliphatic carbocycles. The Bertz CT molecular complexity index is 381. The molecule has 119 valence electrons. The third-order valence-corrected chi connectivity index (χ3v) is 3.37. The Balaban J connectivity index is 0. The maximum atomic E-state index is 3.91. The summed E-state index contributed by atoms with van der Waals surface area (Å²) in [5, 5.41) is 0. The summed E-state index contributed by atoms with van der Waals surface area (Å²) in [5.41, 5.74) is 7.34. The van der Waals surface area contributed by atoms with Crippen LogP contribution in [-0.4, -0.2) is 8.07 Å². The molecular formula is C19H31SiV-3. The van der Waals surface area contributed by atoms with E-state index in [1.165, 1.54) is 27.8 Å². The molecule has 0 fully saturated rings. The van der Waals surface area contributed by atoms with E-state index >= 15 is 0 Å². The quantitative estimate of drug-likeness (QED) is 0.405. The van der Waals surface area contributed by atoms with Gasteiger partial charge in [-0.3, -0.25) is 0 Å². The van der Waals surface area contributed by atoms with Crippen LogP contribution in [0.2, 0.25) is 19.6 Å². The fourth-order valence-corrected chi connectivity index (χ4v) is 1.73. The van der Waals surface area contributed by atoms with Crippen molar-refractivity contribution in [2.75, 3.05) is 0 Å². The molecule has 0 spiro atoms. The van der Waals surface area contributed by atoms with Gasteiger partial charge < -0.3 is 6.55 Å². The van der Waals surface area contributed by atoms with E-state index < -0.39 is 8.07 Å². The number of hydrogen-bond donors (Lipinski definition) is 0. The average molecular weight is 338 g/mol. The molecule has 0 amide bonds. The molecule has 0 atom stereocenters. The molecule has 1 radical (unpaired) electrons. The van der Waals surface area contributed by atoms with Crippen molar-refractivity contribution in [1.82, 2.24) is 0 Å². The van der Waals surface area contributed by atoms with Crippen molar-refractivity contribution in [2.24, 2.45) is 0 Å². The molecule has 0 aliphatic heterocycles. The van der Waals surface area contributed by atoms with Crippen molar-refractivity contribution in [3.8, 4) is 0 Å². The fraction of sp³-hybridized carbons (Fsp3) is 0.421. The third kappa shape index (κ3) is 9.95. The zero-order valence-corrected chi connectivity index (χ0v) is 17.4. The molecule has 2 heteroatoms. The molecule has 0 nitrogen and oxygen atoms in total. The van der Waals surface area contributed by atoms with Crippen molar-refractivity contribution >= 4 is 8.07 Å². The van der Waals surface area contributed by atoms with Crippen molar-refractivity contribution in [1.29, 1.82) is 0 Å². The molecule has 2 rings (SSSR count). The summed E-state index contributed by atoms with van der Waals surface area (Å²) in [6, 6.07) is 10.0. The molecule has 2 aromatic carbocycles. The molecule has 0 aromatic heterocycles. The van der Waals surface area contributed by atoms with Crippen LogP contribution in [0.3, 0.4) is 0 Å². The van der Waals surface area contributed by atoms with Gasteiger partial charge in [-0.15, -0.1) is 8.07 Å². The SMILES string of the molecule is Cc1c(C)c(C)[c-](C)c1C.[CH2-][Si](C)(C)C.[V].c1cc[cH-]c1. The van der Waals surface area contributed by atoms with Crippen LogP contribution in [0.5, 0.6) is 0 Å². The van der Waals surface area contributed by atoms with Gasteiger partial charge in [-0.2, -0.15) is 46.0 Å². The van der Waals surface area contributed by atoms with Gasteiger partial charge in [0.15, 0.2) is 0 Å². The second-order valence-electron chi connectivity index (χ2n) is 6.65. The predicted molar refractivity (Wildman–Crippen MR) is 96.5 cm³/mol. The summed E-state index contributed by atoms with van der Waals surface area (Å²) in [6.45, 7) is 21.6. The zero-order valence-electron chi connectivity index (χ0n) is 15.0. The first kappa shape index (κ1) is 22.8. The van der Waals surface area contributed by atoms with Crippen molar-refractivity contribution in [2.45, 2.75) is 54.3 Å². The summed E-state index contributed by atoms with van der Waals surface area (Å²) in [6.07, 6.45) is 0. The molecule has 0 saturated heterocycles. The van der Waals surface area contributed by atoms with Crippen LogP contribution in [0.1, 0.15) is 27.8 Å². The molecule has 21 heavy (non-hydrogen) atoms. The largest absolute Gasteiger partial charge is 0.342 e. The van der Waals surface area contributed by atoms with Gasteiger partial charge >= 0.3 is 0 Å².